The molecular formula is C17H28N2O3. The van der Waals surface area contributed by atoms with Crippen LogP contribution in [0.3, 0.4) is 0 Å². The normalized spacial score (nSPS) is 34.8. The molecule has 0 aromatic carbocycles. The molecule has 0 spiro atoms. The second-order valence-electron chi connectivity index (χ2n) is 7.54. The lowest BCUT2D eigenvalue weighted by atomic mass is 9.67. The van der Waals surface area contributed by atoms with Crippen LogP contribution < -0.4 is 5.73 Å². The van der Waals surface area contributed by atoms with Gasteiger partial charge in [-0.25, -0.2) is 0 Å². The van der Waals surface area contributed by atoms with E-state index in [1.54, 1.807) is 0 Å². The molecule has 3 rings (SSSR count). The largest absolute Gasteiger partial charge is 0.380 e. The van der Waals surface area contributed by atoms with Crippen LogP contribution >= 0.6 is 0 Å². The molecule has 5 heteroatoms. The molecule has 3 aliphatic rings. The Kier molecular flexibility index (Phi) is 4.44. The zero-order valence-corrected chi connectivity index (χ0v) is 13.3. The molecule has 3 N–H and O–H groups in total. The smallest absolute Gasteiger partial charge is 0.249 e. The van der Waals surface area contributed by atoms with Crippen molar-refractivity contribution >= 4 is 11.8 Å². The summed E-state index contributed by atoms with van der Waals surface area (Å²) in [5, 5.41) is 10.1. The Morgan fingerprint density at radius 2 is 1.64 bits per heavy atom. The van der Waals surface area contributed by atoms with E-state index in [2.05, 4.69) is 0 Å². The number of hydrogen-bond acceptors (Lipinski definition) is 3. The van der Waals surface area contributed by atoms with Crippen LogP contribution in [0.2, 0.25) is 0 Å². The molecule has 0 radical (unpaired) electrons. The van der Waals surface area contributed by atoms with Crippen molar-refractivity contribution in [1.29, 1.82) is 0 Å². The van der Waals surface area contributed by atoms with Crippen LogP contribution in [-0.2, 0) is 9.59 Å². The minimum atomic E-state index is -1.42. The Morgan fingerprint density at radius 1 is 1.00 bits per heavy atom. The Hall–Kier alpha value is -1.10. The van der Waals surface area contributed by atoms with Crippen molar-refractivity contribution in [3.63, 3.8) is 0 Å². The van der Waals surface area contributed by atoms with Gasteiger partial charge in [0.05, 0.1) is 0 Å². The van der Waals surface area contributed by atoms with Crippen LogP contribution in [0.5, 0.6) is 0 Å². The van der Waals surface area contributed by atoms with E-state index >= 15 is 0 Å². The second-order valence-corrected chi connectivity index (χ2v) is 7.54. The summed E-state index contributed by atoms with van der Waals surface area (Å²) in [5.41, 5.74) is 3.83. The van der Waals surface area contributed by atoms with Crippen molar-refractivity contribution in [1.82, 2.24) is 4.90 Å². The van der Waals surface area contributed by atoms with Gasteiger partial charge in [-0.2, -0.15) is 0 Å². The summed E-state index contributed by atoms with van der Waals surface area (Å²) in [6.07, 6.45) is 9.10. The summed E-state index contributed by atoms with van der Waals surface area (Å²) in [7, 11) is 0. The number of rotatable bonds is 2. The van der Waals surface area contributed by atoms with Crippen LogP contribution in [0.4, 0.5) is 0 Å². The highest BCUT2D eigenvalue weighted by molar-refractivity contribution is 5.84. The molecule has 0 aromatic rings. The molecule has 2 amide bonds. The van der Waals surface area contributed by atoms with Gasteiger partial charge >= 0.3 is 0 Å². The number of primary amides is 1. The number of amides is 2. The Bertz CT molecular complexity index is 443. The number of nitrogens with two attached hydrogens (primary N) is 1. The lowest BCUT2D eigenvalue weighted by molar-refractivity contribution is -0.149. The molecule has 22 heavy (non-hydrogen) atoms. The number of likely N-dealkylation sites (tertiary alicyclic amines) is 1. The Morgan fingerprint density at radius 3 is 2.27 bits per heavy atom. The predicted molar refractivity (Wildman–Crippen MR) is 82.7 cm³/mol. The predicted octanol–water partition coefficient (Wildman–Crippen LogP) is 1.43. The number of hydrogen-bond donors (Lipinski definition) is 2. The van der Waals surface area contributed by atoms with Crippen LogP contribution in [0, 0.1) is 17.8 Å². The van der Waals surface area contributed by atoms with E-state index in [0.29, 0.717) is 13.1 Å². The van der Waals surface area contributed by atoms with Gasteiger partial charge in [0.1, 0.15) is 5.60 Å². The Labute approximate surface area is 132 Å². The minimum absolute atomic E-state index is 0.152. The van der Waals surface area contributed by atoms with Crippen molar-refractivity contribution in [3.05, 3.63) is 0 Å². The summed E-state index contributed by atoms with van der Waals surface area (Å²) in [5.74, 6) is 1.31. The molecule has 0 unspecified atom stereocenters. The van der Waals surface area contributed by atoms with Gasteiger partial charge in [0.25, 0.3) is 0 Å². The van der Waals surface area contributed by atoms with Gasteiger partial charge < -0.3 is 15.7 Å². The molecule has 1 heterocycles. The van der Waals surface area contributed by atoms with Gasteiger partial charge in [0.15, 0.2) is 0 Å². The van der Waals surface area contributed by atoms with Crippen molar-refractivity contribution in [2.24, 2.45) is 23.5 Å². The van der Waals surface area contributed by atoms with Crippen LogP contribution in [0.25, 0.3) is 0 Å². The standard InChI is InChI=1S/C17H28N2O3/c18-16(21)17(22)7-9-19(10-8-17)15(20)14-6-5-12-3-1-2-4-13(12)11-14/h12-14,22H,1-11H2,(H2,18,21)/t12-,13-,14-/m1/s1. The molecule has 5 nitrogen and oxygen atoms in total. The van der Waals surface area contributed by atoms with Crippen molar-refractivity contribution in [3.8, 4) is 0 Å². The molecule has 3 fully saturated rings. The fraction of sp³-hybridized carbons (Fsp3) is 0.882. The number of piperidine rings is 1. The Balaban J connectivity index is 1.55. The zero-order chi connectivity index (χ0) is 15.7. The monoisotopic (exact) mass is 308 g/mol. The zero-order valence-electron chi connectivity index (χ0n) is 13.3. The van der Waals surface area contributed by atoms with Gasteiger partial charge in [-0.3, -0.25) is 9.59 Å². The van der Waals surface area contributed by atoms with E-state index in [9.17, 15) is 14.7 Å². The topological polar surface area (TPSA) is 83.6 Å². The molecule has 3 atom stereocenters. The summed E-state index contributed by atoms with van der Waals surface area (Å²) in [6.45, 7) is 0.895. The second kappa shape index (κ2) is 6.19. The number of nitrogens with zero attached hydrogens (tertiary/aromatic N) is 1. The van der Waals surface area contributed by atoms with Crippen molar-refractivity contribution in [2.75, 3.05) is 13.1 Å². The molecule has 1 saturated heterocycles. The van der Waals surface area contributed by atoms with E-state index in [1.807, 2.05) is 4.90 Å². The molecule has 0 aromatic heterocycles. The highest BCUT2D eigenvalue weighted by Crippen LogP contribution is 2.43. The molecule has 124 valence electrons. The average Bonchev–Trinajstić information content (AvgIpc) is 2.54. The quantitative estimate of drug-likeness (QED) is 0.809. The fourth-order valence-corrected chi connectivity index (χ4v) is 4.70. The SMILES string of the molecule is NC(=O)C1(O)CCN(C(=O)[C@@H]2CC[C@H]3CCCC[C@@H]3C2)CC1. The number of carbonyl (C=O) groups excluding carboxylic acids is 2. The van der Waals surface area contributed by atoms with Gasteiger partial charge in [-0.1, -0.05) is 25.7 Å². The van der Waals surface area contributed by atoms with Crippen molar-refractivity contribution in [2.45, 2.75) is 63.4 Å². The summed E-state index contributed by atoms with van der Waals surface area (Å²) >= 11 is 0. The van der Waals surface area contributed by atoms with Gasteiger partial charge in [0, 0.05) is 31.8 Å². The van der Waals surface area contributed by atoms with Gasteiger partial charge in [-0.05, 0) is 31.1 Å². The van der Waals surface area contributed by atoms with Crippen molar-refractivity contribution < 1.29 is 14.7 Å². The van der Waals surface area contributed by atoms with Gasteiger partial charge in [-0.15, -0.1) is 0 Å². The van der Waals surface area contributed by atoms with E-state index < -0.39 is 11.5 Å². The first kappa shape index (κ1) is 15.8. The highest BCUT2D eigenvalue weighted by atomic mass is 16.3. The summed E-state index contributed by atoms with van der Waals surface area (Å²) < 4.78 is 0. The minimum Gasteiger partial charge on any atom is -0.380 e. The number of aliphatic hydroxyl groups is 1. The molecule has 1 aliphatic heterocycles. The maximum atomic E-state index is 12.7. The lowest BCUT2D eigenvalue weighted by Crippen LogP contribution is -2.54. The number of fused-ring (bicyclic) bond motifs is 1. The molecule has 2 saturated carbocycles. The average molecular weight is 308 g/mol. The fourth-order valence-electron chi connectivity index (χ4n) is 4.70. The van der Waals surface area contributed by atoms with E-state index in [0.717, 1.165) is 24.7 Å². The third kappa shape index (κ3) is 3.00. The number of carbonyl (C=O) groups is 2. The summed E-state index contributed by atoms with van der Waals surface area (Å²) in [4.78, 5) is 25.9. The first-order chi connectivity index (χ1) is 10.5. The van der Waals surface area contributed by atoms with Crippen LogP contribution in [0.1, 0.15) is 57.8 Å². The van der Waals surface area contributed by atoms with Crippen LogP contribution in [0.15, 0.2) is 0 Å². The maximum Gasteiger partial charge on any atom is 0.249 e. The molecule has 0 bridgehead atoms. The summed E-state index contributed by atoms with van der Waals surface area (Å²) in [6, 6.07) is 0. The third-order valence-electron chi connectivity index (χ3n) is 6.25. The van der Waals surface area contributed by atoms with E-state index in [-0.39, 0.29) is 24.7 Å². The first-order valence-corrected chi connectivity index (χ1v) is 8.81. The van der Waals surface area contributed by atoms with Gasteiger partial charge in [0.2, 0.25) is 11.8 Å². The molecular weight excluding hydrogens is 280 g/mol. The first-order valence-electron chi connectivity index (χ1n) is 8.81. The van der Waals surface area contributed by atoms with E-state index in [4.69, 9.17) is 5.73 Å². The maximum absolute atomic E-state index is 12.7. The lowest BCUT2D eigenvalue weighted by Gasteiger charge is -2.42. The van der Waals surface area contributed by atoms with E-state index in [1.165, 1.54) is 32.1 Å². The third-order valence-corrected chi connectivity index (χ3v) is 6.25. The highest BCUT2D eigenvalue weighted by Gasteiger charge is 2.41. The van der Waals surface area contributed by atoms with Crippen LogP contribution in [-0.4, -0.2) is 40.5 Å². The molecule has 2 aliphatic carbocycles.